The first-order valence-corrected chi connectivity index (χ1v) is 9.95. The van der Waals surface area contributed by atoms with Crippen LogP contribution in [0.5, 0.6) is 17.4 Å². The zero-order valence-corrected chi connectivity index (χ0v) is 16.9. The maximum atomic E-state index is 6.29. The second-order valence-corrected chi connectivity index (χ2v) is 7.13. The SMILES string of the molecule is C=CCSc1nnc2c(n1)OC(c1cc(OC)ccc1OC)Nc1ccccc1-2. The Morgan fingerprint density at radius 1 is 1.17 bits per heavy atom. The molecule has 1 aromatic heterocycles. The summed E-state index contributed by atoms with van der Waals surface area (Å²) in [6, 6.07) is 13.4. The normalized spacial score (nSPS) is 14.5. The number of thioether (sulfide) groups is 1. The molecule has 2 aromatic carbocycles. The average molecular weight is 408 g/mol. The Morgan fingerprint density at radius 3 is 2.83 bits per heavy atom. The molecule has 0 aliphatic carbocycles. The van der Waals surface area contributed by atoms with Crippen molar-refractivity contribution in [2.75, 3.05) is 25.3 Å². The van der Waals surface area contributed by atoms with Crippen molar-refractivity contribution in [3.63, 3.8) is 0 Å². The molecule has 148 valence electrons. The highest BCUT2D eigenvalue weighted by atomic mass is 32.2. The summed E-state index contributed by atoms with van der Waals surface area (Å²) in [4.78, 5) is 4.59. The first kappa shape index (κ1) is 19.1. The van der Waals surface area contributed by atoms with E-state index in [1.165, 1.54) is 11.8 Å². The van der Waals surface area contributed by atoms with E-state index in [9.17, 15) is 0 Å². The van der Waals surface area contributed by atoms with E-state index in [1.54, 1.807) is 20.3 Å². The van der Waals surface area contributed by atoms with E-state index in [0.29, 0.717) is 34.0 Å². The van der Waals surface area contributed by atoms with Gasteiger partial charge in [0.2, 0.25) is 17.3 Å². The Kier molecular flexibility index (Phi) is 5.53. The number of para-hydroxylation sites is 1. The topological polar surface area (TPSA) is 78.4 Å². The van der Waals surface area contributed by atoms with Crippen LogP contribution in [0, 0.1) is 0 Å². The molecule has 8 heteroatoms. The number of methoxy groups -OCH3 is 2. The van der Waals surface area contributed by atoms with Crippen molar-refractivity contribution in [3.05, 3.63) is 60.7 Å². The van der Waals surface area contributed by atoms with E-state index in [2.05, 4.69) is 27.1 Å². The standard InChI is InChI=1S/C21H20N4O3S/c1-4-11-29-21-23-20-18(24-25-21)14-7-5-6-8-16(14)22-19(28-20)15-12-13(26-2)9-10-17(15)27-3/h4-10,12,19,22H,1,11H2,2-3H3. The number of nitrogens with zero attached hydrogens (tertiary/aromatic N) is 3. The summed E-state index contributed by atoms with van der Waals surface area (Å²) in [7, 11) is 3.25. The molecule has 0 amide bonds. The van der Waals surface area contributed by atoms with Gasteiger partial charge in [-0.1, -0.05) is 36.0 Å². The molecule has 1 aliphatic rings. The third-order valence-electron chi connectivity index (χ3n) is 4.38. The molecule has 1 unspecified atom stereocenters. The highest BCUT2D eigenvalue weighted by Crippen LogP contribution is 2.41. The van der Waals surface area contributed by atoms with Crippen LogP contribution < -0.4 is 19.5 Å². The van der Waals surface area contributed by atoms with E-state index < -0.39 is 6.23 Å². The number of nitrogens with one attached hydrogen (secondary N) is 1. The number of benzene rings is 2. The summed E-state index contributed by atoms with van der Waals surface area (Å²) < 4.78 is 17.2. The second kappa shape index (κ2) is 8.40. The van der Waals surface area contributed by atoms with Crippen LogP contribution in [0.2, 0.25) is 0 Å². The van der Waals surface area contributed by atoms with Crippen LogP contribution in [0.3, 0.4) is 0 Å². The summed E-state index contributed by atoms with van der Waals surface area (Å²) in [6.07, 6.45) is 1.23. The zero-order valence-electron chi connectivity index (χ0n) is 16.1. The van der Waals surface area contributed by atoms with Crippen LogP contribution in [0.15, 0.2) is 60.3 Å². The van der Waals surface area contributed by atoms with E-state index in [4.69, 9.17) is 14.2 Å². The zero-order chi connectivity index (χ0) is 20.2. The van der Waals surface area contributed by atoms with Gasteiger partial charge in [0.1, 0.15) is 11.5 Å². The van der Waals surface area contributed by atoms with Crippen LogP contribution >= 0.6 is 11.8 Å². The monoisotopic (exact) mass is 408 g/mol. The quantitative estimate of drug-likeness (QED) is 0.477. The summed E-state index contributed by atoms with van der Waals surface area (Å²) in [6.45, 7) is 3.73. The highest BCUT2D eigenvalue weighted by molar-refractivity contribution is 7.99. The van der Waals surface area contributed by atoms with Gasteiger partial charge in [-0.2, -0.15) is 4.98 Å². The van der Waals surface area contributed by atoms with Crippen molar-refractivity contribution < 1.29 is 14.2 Å². The van der Waals surface area contributed by atoms with E-state index in [1.807, 2.05) is 42.5 Å². The van der Waals surface area contributed by atoms with Gasteiger partial charge in [0.05, 0.1) is 19.8 Å². The van der Waals surface area contributed by atoms with Crippen LogP contribution in [0.1, 0.15) is 11.8 Å². The maximum absolute atomic E-state index is 6.29. The van der Waals surface area contributed by atoms with Crippen molar-refractivity contribution in [2.45, 2.75) is 11.4 Å². The van der Waals surface area contributed by atoms with Crippen LogP contribution in [0.4, 0.5) is 5.69 Å². The van der Waals surface area contributed by atoms with Gasteiger partial charge < -0.3 is 19.5 Å². The van der Waals surface area contributed by atoms with Crippen molar-refractivity contribution in [1.82, 2.24) is 15.2 Å². The average Bonchev–Trinajstić information content (AvgIpc) is 2.93. The van der Waals surface area contributed by atoms with Gasteiger partial charge >= 0.3 is 0 Å². The highest BCUT2D eigenvalue weighted by Gasteiger charge is 2.28. The van der Waals surface area contributed by atoms with E-state index in [0.717, 1.165) is 16.8 Å². The molecule has 29 heavy (non-hydrogen) atoms. The van der Waals surface area contributed by atoms with Crippen LogP contribution in [-0.2, 0) is 0 Å². The lowest BCUT2D eigenvalue weighted by atomic mass is 10.1. The Bertz CT molecular complexity index is 1040. The summed E-state index contributed by atoms with van der Waals surface area (Å²) in [5.41, 5.74) is 3.10. The molecule has 1 N–H and O–H groups in total. The number of hydrogen-bond acceptors (Lipinski definition) is 8. The van der Waals surface area contributed by atoms with Crippen LogP contribution in [0.25, 0.3) is 11.3 Å². The summed E-state index contributed by atoms with van der Waals surface area (Å²) in [5.74, 6) is 2.46. The first-order chi connectivity index (χ1) is 14.2. The predicted molar refractivity (Wildman–Crippen MR) is 113 cm³/mol. The van der Waals surface area contributed by atoms with Gasteiger partial charge in [0.25, 0.3) is 0 Å². The summed E-state index contributed by atoms with van der Waals surface area (Å²) >= 11 is 1.44. The Labute approximate surface area is 173 Å². The molecule has 0 saturated carbocycles. The predicted octanol–water partition coefficient (Wildman–Crippen LogP) is 4.34. The minimum Gasteiger partial charge on any atom is -0.497 e. The molecular formula is C21H20N4O3S. The third-order valence-corrected chi connectivity index (χ3v) is 5.22. The molecule has 2 heterocycles. The molecule has 0 saturated heterocycles. The fourth-order valence-corrected chi connectivity index (χ4v) is 3.54. The Balaban J connectivity index is 1.83. The lowest BCUT2D eigenvalue weighted by Crippen LogP contribution is -2.18. The molecule has 3 aromatic rings. The third kappa shape index (κ3) is 3.84. The Morgan fingerprint density at radius 2 is 2.03 bits per heavy atom. The molecule has 0 radical (unpaired) electrons. The minimum atomic E-state index is -0.559. The molecular weight excluding hydrogens is 388 g/mol. The largest absolute Gasteiger partial charge is 0.497 e. The molecule has 7 nitrogen and oxygen atoms in total. The molecule has 1 atom stereocenters. The molecule has 0 bridgehead atoms. The van der Waals surface area contributed by atoms with Gasteiger partial charge in [-0.05, 0) is 24.3 Å². The lowest BCUT2D eigenvalue weighted by Gasteiger charge is -2.21. The van der Waals surface area contributed by atoms with Crippen LogP contribution in [-0.4, -0.2) is 35.2 Å². The number of aromatic nitrogens is 3. The minimum absolute atomic E-state index is 0.402. The second-order valence-electron chi connectivity index (χ2n) is 6.14. The van der Waals surface area contributed by atoms with Crippen molar-refractivity contribution >= 4 is 17.4 Å². The molecule has 1 aliphatic heterocycles. The lowest BCUT2D eigenvalue weighted by molar-refractivity contribution is 0.219. The summed E-state index contributed by atoms with van der Waals surface area (Å²) in [5, 5.41) is 12.6. The number of ether oxygens (including phenoxy) is 3. The van der Waals surface area contributed by atoms with Crippen molar-refractivity contribution in [1.29, 1.82) is 0 Å². The number of anilines is 1. The fourth-order valence-electron chi connectivity index (χ4n) is 3.03. The van der Waals surface area contributed by atoms with E-state index >= 15 is 0 Å². The van der Waals surface area contributed by atoms with E-state index in [-0.39, 0.29) is 0 Å². The van der Waals surface area contributed by atoms with Gasteiger partial charge in [-0.3, -0.25) is 0 Å². The van der Waals surface area contributed by atoms with Crippen molar-refractivity contribution in [3.8, 4) is 28.6 Å². The molecule has 0 fully saturated rings. The van der Waals surface area contributed by atoms with Gasteiger partial charge in [0.15, 0.2) is 5.69 Å². The smallest absolute Gasteiger partial charge is 0.247 e. The molecule has 0 spiro atoms. The fraction of sp³-hybridized carbons (Fsp3) is 0.190. The van der Waals surface area contributed by atoms with Gasteiger partial charge in [0, 0.05) is 17.0 Å². The van der Waals surface area contributed by atoms with Gasteiger partial charge in [-0.25, -0.2) is 0 Å². The number of hydrogen-bond donors (Lipinski definition) is 1. The Hall–Kier alpha value is -3.26. The molecule has 4 rings (SSSR count). The maximum Gasteiger partial charge on any atom is 0.247 e. The first-order valence-electron chi connectivity index (χ1n) is 8.96. The van der Waals surface area contributed by atoms with Crippen molar-refractivity contribution in [2.24, 2.45) is 0 Å². The number of fused-ring (bicyclic) bond motifs is 3. The number of rotatable bonds is 6. The van der Waals surface area contributed by atoms with Gasteiger partial charge in [-0.15, -0.1) is 16.8 Å².